The van der Waals surface area contributed by atoms with Gasteiger partial charge in [0.15, 0.2) is 0 Å². The van der Waals surface area contributed by atoms with Crippen LogP contribution in [0.2, 0.25) is 0 Å². The monoisotopic (exact) mass is 461 g/mol. The minimum Gasteiger partial charge on any atom is -0.337 e. The van der Waals surface area contributed by atoms with Gasteiger partial charge in [-0.2, -0.15) is 0 Å². The quantitative estimate of drug-likeness (QED) is 0.223. The lowest BCUT2D eigenvalue weighted by Crippen LogP contribution is -2.51. The van der Waals surface area contributed by atoms with E-state index in [-0.39, 0.29) is 19.0 Å². The van der Waals surface area contributed by atoms with Crippen LogP contribution in [0.15, 0.2) is 0 Å². The Kier molecular flexibility index (Phi) is 12.9. The SMILES string of the molecule is CCCCCCCCCCCCCCCC(=O)N1CC(C)(C)OP(=O)(O)OC(C)(C)C1. The van der Waals surface area contributed by atoms with E-state index in [0.717, 1.165) is 12.8 Å². The second-order valence-electron chi connectivity index (χ2n) is 10.4. The molecule has 1 heterocycles. The largest absolute Gasteiger partial charge is 0.473 e. The molecule has 0 radical (unpaired) electrons. The topological polar surface area (TPSA) is 76.1 Å². The Morgan fingerprint density at radius 1 is 0.774 bits per heavy atom. The average molecular weight is 462 g/mol. The van der Waals surface area contributed by atoms with Crippen LogP contribution < -0.4 is 0 Å². The van der Waals surface area contributed by atoms with E-state index in [0.29, 0.717) is 6.42 Å². The molecule has 7 heteroatoms. The summed E-state index contributed by atoms with van der Waals surface area (Å²) in [5, 5.41) is 0. The number of hydrogen-bond donors (Lipinski definition) is 1. The van der Waals surface area contributed by atoms with Crippen molar-refractivity contribution >= 4 is 13.7 Å². The first kappa shape index (κ1) is 28.6. The highest BCUT2D eigenvalue weighted by Gasteiger charge is 2.43. The number of amides is 1. The zero-order valence-electron chi connectivity index (χ0n) is 20.8. The average Bonchev–Trinajstić information content (AvgIpc) is 2.61. The van der Waals surface area contributed by atoms with E-state index in [1.807, 2.05) is 0 Å². The number of carbonyl (C=O) groups excluding carboxylic acids is 1. The molecule has 0 saturated carbocycles. The second-order valence-corrected chi connectivity index (χ2v) is 11.7. The van der Waals surface area contributed by atoms with Crippen LogP contribution in [0.3, 0.4) is 0 Å². The molecule has 1 aliphatic heterocycles. The zero-order valence-corrected chi connectivity index (χ0v) is 21.7. The summed E-state index contributed by atoms with van der Waals surface area (Å²) in [6.07, 6.45) is 17.1. The maximum Gasteiger partial charge on any atom is 0.473 e. The molecule has 1 saturated heterocycles. The van der Waals surface area contributed by atoms with Crippen LogP contribution in [0.5, 0.6) is 0 Å². The molecule has 1 rings (SSSR count). The number of nitrogens with zero attached hydrogens (tertiary/aromatic N) is 1. The van der Waals surface area contributed by atoms with Crippen molar-refractivity contribution in [1.82, 2.24) is 4.90 Å². The minimum absolute atomic E-state index is 0.0612. The third kappa shape index (κ3) is 13.7. The molecule has 31 heavy (non-hydrogen) atoms. The number of phosphoric acid groups is 1. The molecule has 0 aromatic rings. The van der Waals surface area contributed by atoms with Gasteiger partial charge in [0.05, 0.1) is 11.2 Å². The summed E-state index contributed by atoms with van der Waals surface area (Å²) in [6, 6.07) is 0. The molecular weight excluding hydrogens is 413 g/mol. The Labute approximate surface area is 191 Å². The first-order valence-corrected chi connectivity index (χ1v) is 14.0. The zero-order chi connectivity index (χ0) is 23.4. The van der Waals surface area contributed by atoms with Gasteiger partial charge in [-0.15, -0.1) is 0 Å². The predicted molar refractivity (Wildman–Crippen MR) is 127 cm³/mol. The molecule has 0 unspecified atom stereocenters. The lowest BCUT2D eigenvalue weighted by molar-refractivity contribution is -0.140. The van der Waals surface area contributed by atoms with Gasteiger partial charge >= 0.3 is 7.82 Å². The van der Waals surface area contributed by atoms with Crippen LogP contribution in [0, 0.1) is 0 Å². The van der Waals surface area contributed by atoms with Gasteiger partial charge in [-0.1, -0.05) is 84.0 Å². The molecule has 0 bridgehead atoms. The third-order valence-corrected chi connectivity index (χ3v) is 7.17. The molecule has 6 nitrogen and oxygen atoms in total. The fourth-order valence-electron chi connectivity index (χ4n) is 4.30. The van der Waals surface area contributed by atoms with Gasteiger partial charge in [-0.05, 0) is 34.1 Å². The smallest absolute Gasteiger partial charge is 0.337 e. The summed E-state index contributed by atoms with van der Waals surface area (Å²) >= 11 is 0. The lowest BCUT2D eigenvalue weighted by atomic mass is 10.0. The fourth-order valence-corrected chi connectivity index (χ4v) is 5.71. The summed E-state index contributed by atoms with van der Waals surface area (Å²) in [6.45, 7) is 9.66. The standard InChI is InChI=1S/C24H48NO5P/c1-6-7-8-9-10-11-12-13-14-15-16-17-18-19-22(26)25-20-23(2,3)29-31(27,28)30-24(4,5)21-25/h6-21H2,1-5H3,(H,27,28). The van der Waals surface area contributed by atoms with Crippen LogP contribution in [-0.2, 0) is 18.4 Å². The van der Waals surface area contributed by atoms with Crippen molar-refractivity contribution in [3.8, 4) is 0 Å². The van der Waals surface area contributed by atoms with E-state index < -0.39 is 19.0 Å². The second kappa shape index (κ2) is 14.0. The van der Waals surface area contributed by atoms with Crippen molar-refractivity contribution in [3.63, 3.8) is 0 Å². The molecule has 0 atom stereocenters. The Morgan fingerprint density at radius 2 is 1.13 bits per heavy atom. The van der Waals surface area contributed by atoms with E-state index in [4.69, 9.17) is 9.05 Å². The number of rotatable bonds is 14. The van der Waals surface area contributed by atoms with E-state index in [2.05, 4.69) is 6.92 Å². The molecule has 184 valence electrons. The van der Waals surface area contributed by atoms with Crippen LogP contribution >= 0.6 is 7.82 Å². The first-order chi connectivity index (χ1) is 14.5. The van der Waals surface area contributed by atoms with E-state index in [1.54, 1.807) is 32.6 Å². The molecule has 0 aromatic heterocycles. The van der Waals surface area contributed by atoms with E-state index >= 15 is 0 Å². The van der Waals surface area contributed by atoms with Crippen molar-refractivity contribution in [2.45, 2.75) is 136 Å². The minimum atomic E-state index is -4.15. The number of hydrogen-bond acceptors (Lipinski definition) is 4. The van der Waals surface area contributed by atoms with Gasteiger partial charge < -0.3 is 9.79 Å². The highest BCUT2D eigenvalue weighted by molar-refractivity contribution is 7.47. The van der Waals surface area contributed by atoms with E-state index in [9.17, 15) is 14.3 Å². The Hall–Kier alpha value is -0.420. The van der Waals surface area contributed by atoms with Crippen LogP contribution in [0.4, 0.5) is 0 Å². The molecule has 0 aliphatic carbocycles. The van der Waals surface area contributed by atoms with Crippen LogP contribution in [0.25, 0.3) is 0 Å². The van der Waals surface area contributed by atoms with Gasteiger partial charge in [0, 0.05) is 19.5 Å². The summed E-state index contributed by atoms with van der Waals surface area (Å²) in [5.74, 6) is 0.0612. The first-order valence-electron chi connectivity index (χ1n) is 12.5. The maximum atomic E-state index is 12.8. The lowest BCUT2D eigenvalue weighted by Gasteiger charge is -2.41. The normalized spacial score (nSPS) is 20.3. The fraction of sp³-hybridized carbons (Fsp3) is 0.958. The third-order valence-electron chi connectivity index (χ3n) is 5.72. The van der Waals surface area contributed by atoms with Crippen molar-refractivity contribution < 1.29 is 23.3 Å². The number of phosphoric ester groups is 1. The maximum absolute atomic E-state index is 12.8. The number of carbonyl (C=O) groups is 1. The van der Waals surface area contributed by atoms with Gasteiger partial charge in [-0.25, -0.2) is 4.57 Å². The highest BCUT2D eigenvalue weighted by atomic mass is 31.2. The predicted octanol–water partition coefficient (Wildman–Crippen LogP) is 7.00. The Bertz CT molecular complexity index is 540. The van der Waals surface area contributed by atoms with Crippen LogP contribution in [0.1, 0.15) is 125 Å². The van der Waals surface area contributed by atoms with Crippen molar-refractivity contribution in [2.24, 2.45) is 0 Å². The molecule has 1 N–H and O–H groups in total. The Balaban J connectivity index is 2.20. The molecule has 0 spiro atoms. The summed E-state index contributed by atoms with van der Waals surface area (Å²) in [5.41, 5.74) is -1.88. The van der Waals surface area contributed by atoms with Gasteiger partial charge in [0.25, 0.3) is 0 Å². The highest BCUT2D eigenvalue weighted by Crippen LogP contribution is 2.52. The molecule has 1 aliphatic rings. The number of unbranched alkanes of at least 4 members (excludes halogenated alkanes) is 12. The van der Waals surface area contributed by atoms with Gasteiger partial charge in [-0.3, -0.25) is 13.8 Å². The molecular formula is C24H48NO5P. The van der Waals surface area contributed by atoms with E-state index in [1.165, 1.54) is 70.6 Å². The Morgan fingerprint density at radius 3 is 1.52 bits per heavy atom. The van der Waals surface area contributed by atoms with Crippen molar-refractivity contribution in [1.29, 1.82) is 0 Å². The van der Waals surface area contributed by atoms with Crippen molar-refractivity contribution in [3.05, 3.63) is 0 Å². The van der Waals surface area contributed by atoms with Gasteiger partial charge in [0.2, 0.25) is 5.91 Å². The summed E-state index contributed by atoms with van der Waals surface area (Å²) in [7, 11) is -4.15. The molecule has 1 fully saturated rings. The van der Waals surface area contributed by atoms with Gasteiger partial charge in [0.1, 0.15) is 0 Å². The van der Waals surface area contributed by atoms with Crippen molar-refractivity contribution in [2.75, 3.05) is 13.1 Å². The molecule has 1 amide bonds. The molecule has 0 aromatic carbocycles. The summed E-state index contributed by atoms with van der Waals surface area (Å²) in [4.78, 5) is 24.4. The van der Waals surface area contributed by atoms with Crippen LogP contribution in [-0.4, -0.2) is 40.0 Å². The summed E-state index contributed by atoms with van der Waals surface area (Å²) < 4.78 is 22.7.